The normalized spacial score (nSPS) is 23.8. The Morgan fingerprint density at radius 1 is 1.14 bits per heavy atom. The molecule has 4 nitrogen and oxygen atoms in total. The summed E-state index contributed by atoms with van der Waals surface area (Å²) in [6.07, 6.45) is 0.455. The van der Waals surface area contributed by atoms with Gasteiger partial charge in [-0.05, 0) is 11.5 Å². The molecule has 1 aliphatic heterocycles. The van der Waals surface area contributed by atoms with Crippen LogP contribution >= 0.6 is 0 Å². The molecule has 0 spiro atoms. The van der Waals surface area contributed by atoms with Gasteiger partial charge in [0.25, 0.3) is 0 Å². The van der Waals surface area contributed by atoms with Gasteiger partial charge >= 0.3 is 10.1 Å². The van der Waals surface area contributed by atoms with Crippen LogP contribution in [0.5, 0.6) is 5.75 Å². The monoisotopic (exact) mass is 306 g/mol. The van der Waals surface area contributed by atoms with E-state index >= 15 is 0 Å². The molecule has 3 rings (SSSR count). The molecular weight excluding hydrogens is 288 g/mol. The Labute approximate surface area is 124 Å². The second-order valence-electron chi connectivity index (χ2n) is 5.57. The Morgan fingerprint density at radius 3 is 2.52 bits per heavy atom. The molecule has 0 saturated carbocycles. The van der Waals surface area contributed by atoms with Crippen LogP contribution in [0.4, 0.5) is 0 Å². The van der Waals surface area contributed by atoms with E-state index in [2.05, 4.69) is 0 Å². The average Bonchev–Trinajstić information content (AvgIpc) is 2.45. The predicted molar refractivity (Wildman–Crippen MR) is 80.7 cm³/mol. The van der Waals surface area contributed by atoms with Crippen molar-refractivity contribution in [2.45, 2.75) is 37.9 Å². The molecule has 0 N–H and O–H groups in total. The zero-order chi connectivity index (χ0) is 15.3. The van der Waals surface area contributed by atoms with E-state index < -0.39 is 15.9 Å². The van der Waals surface area contributed by atoms with Gasteiger partial charge in [0.05, 0.1) is 0 Å². The summed E-state index contributed by atoms with van der Waals surface area (Å²) in [6.45, 7) is 5.65. The van der Waals surface area contributed by atoms with E-state index in [1.807, 2.05) is 45.0 Å². The highest BCUT2D eigenvalue weighted by Gasteiger charge is 2.47. The first kappa shape index (κ1) is 14.4. The number of ether oxygens (including phenoxy) is 1. The van der Waals surface area contributed by atoms with Gasteiger partial charge in [-0.3, -0.25) is 0 Å². The minimum absolute atomic E-state index is 0.0862. The number of hydrogen-bond donors (Lipinski definition) is 0. The third-order valence-corrected chi connectivity index (χ3v) is 5.42. The van der Waals surface area contributed by atoms with E-state index in [0.29, 0.717) is 17.6 Å². The SMILES string of the molecule is CCC1(C(C)C)Oc2ccc3ccccc3c2S(=O)(=O)O1. The summed E-state index contributed by atoms with van der Waals surface area (Å²) in [5.74, 6) is -0.846. The first-order chi connectivity index (χ1) is 9.89. The maximum atomic E-state index is 12.7. The van der Waals surface area contributed by atoms with Gasteiger partial charge in [-0.1, -0.05) is 51.1 Å². The molecule has 2 aromatic rings. The second kappa shape index (κ2) is 4.71. The number of rotatable bonds is 2. The van der Waals surface area contributed by atoms with E-state index in [0.717, 1.165) is 5.39 Å². The Hall–Kier alpha value is -1.59. The van der Waals surface area contributed by atoms with Crippen molar-refractivity contribution in [1.29, 1.82) is 0 Å². The molecule has 1 heterocycles. The molecule has 1 aliphatic rings. The molecule has 0 aromatic heterocycles. The molecule has 0 saturated heterocycles. The van der Waals surface area contributed by atoms with Crippen molar-refractivity contribution in [3.63, 3.8) is 0 Å². The van der Waals surface area contributed by atoms with Crippen molar-refractivity contribution >= 4 is 20.9 Å². The van der Waals surface area contributed by atoms with E-state index in [1.54, 1.807) is 12.1 Å². The standard InChI is InChI=1S/C16H18O4S/c1-4-16(11(2)3)19-14-10-9-12-7-5-6-8-13(12)15(14)21(17,18)20-16/h5-11H,4H2,1-3H3. The van der Waals surface area contributed by atoms with Crippen LogP contribution in [0, 0.1) is 5.92 Å². The summed E-state index contributed by atoms with van der Waals surface area (Å²) in [5.41, 5.74) is 0. The molecule has 5 heteroatoms. The molecule has 2 aromatic carbocycles. The molecule has 0 fully saturated rings. The summed E-state index contributed by atoms with van der Waals surface area (Å²) < 4.78 is 36.8. The van der Waals surface area contributed by atoms with Crippen molar-refractivity contribution in [3.8, 4) is 5.75 Å². The predicted octanol–water partition coefficient (Wildman–Crippen LogP) is 3.70. The van der Waals surface area contributed by atoms with E-state index in [4.69, 9.17) is 8.92 Å². The molecule has 0 amide bonds. The summed E-state index contributed by atoms with van der Waals surface area (Å²) in [4.78, 5) is 0.130. The smallest absolute Gasteiger partial charge is 0.304 e. The molecule has 1 atom stereocenters. The number of fused-ring (bicyclic) bond motifs is 3. The van der Waals surface area contributed by atoms with Gasteiger partial charge in [-0.25, -0.2) is 4.18 Å². The largest absolute Gasteiger partial charge is 0.459 e. The van der Waals surface area contributed by atoms with Gasteiger partial charge in [0, 0.05) is 17.7 Å². The fourth-order valence-electron chi connectivity index (χ4n) is 2.75. The lowest BCUT2D eigenvalue weighted by molar-refractivity contribution is -0.154. The maximum absolute atomic E-state index is 12.7. The molecule has 0 radical (unpaired) electrons. The van der Waals surface area contributed by atoms with Gasteiger partial charge in [-0.15, -0.1) is 0 Å². The van der Waals surface area contributed by atoms with Crippen molar-refractivity contribution in [1.82, 2.24) is 0 Å². The fraction of sp³-hybridized carbons (Fsp3) is 0.375. The van der Waals surface area contributed by atoms with Gasteiger partial charge in [0.15, 0.2) is 0 Å². The topological polar surface area (TPSA) is 52.6 Å². The van der Waals surface area contributed by atoms with Crippen molar-refractivity contribution in [2.24, 2.45) is 5.92 Å². The summed E-state index contributed by atoms with van der Waals surface area (Å²) in [6, 6.07) is 10.9. The highest BCUT2D eigenvalue weighted by Crippen LogP contribution is 2.44. The highest BCUT2D eigenvalue weighted by atomic mass is 32.2. The molecule has 112 valence electrons. The summed E-state index contributed by atoms with van der Waals surface area (Å²) in [7, 11) is -3.86. The first-order valence-electron chi connectivity index (χ1n) is 7.06. The second-order valence-corrected chi connectivity index (χ2v) is 7.06. The van der Waals surface area contributed by atoms with Gasteiger partial charge < -0.3 is 4.74 Å². The minimum atomic E-state index is -3.86. The van der Waals surface area contributed by atoms with Crippen LogP contribution in [0.3, 0.4) is 0 Å². The lowest BCUT2D eigenvalue weighted by atomic mass is 10.00. The Bertz CT molecular complexity index is 795. The molecule has 1 unspecified atom stereocenters. The molecular formula is C16H18O4S. The lowest BCUT2D eigenvalue weighted by Crippen LogP contribution is -2.48. The fourth-order valence-corrected chi connectivity index (χ4v) is 4.36. The van der Waals surface area contributed by atoms with Gasteiger partial charge in [0.2, 0.25) is 5.79 Å². The minimum Gasteiger partial charge on any atom is -0.459 e. The average molecular weight is 306 g/mol. The zero-order valence-electron chi connectivity index (χ0n) is 12.3. The van der Waals surface area contributed by atoms with E-state index in [1.165, 1.54) is 0 Å². The maximum Gasteiger partial charge on any atom is 0.304 e. The highest BCUT2D eigenvalue weighted by molar-refractivity contribution is 7.87. The molecule has 0 aliphatic carbocycles. The van der Waals surface area contributed by atoms with Crippen molar-refractivity contribution in [2.75, 3.05) is 0 Å². The van der Waals surface area contributed by atoms with E-state index in [9.17, 15) is 8.42 Å². The van der Waals surface area contributed by atoms with Crippen LogP contribution in [-0.2, 0) is 14.3 Å². The first-order valence-corrected chi connectivity index (χ1v) is 8.47. The Morgan fingerprint density at radius 2 is 1.86 bits per heavy atom. The third-order valence-electron chi connectivity index (χ3n) is 4.00. The third kappa shape index (κ3) is 2.12. The van der Waals surface area contributed by atoms with Crippen molar-refractivity contribution < 1.29 is 17.3 Å². The van der Waals surface area contributed by atoms with E-state index in [-0.39, 0.29) is 10.8 Å². The van der Waals surface area contributed by atoms with Crippen LogP contribution in [0.2, 0.25) is 0 Å². The van der Waals surface area contributed by atoms with Gasteiger partial charge in [0.1, 0.15) is 10.6 Å². The van der Waals surface area contributed by atoms with Crippen LogP contribution in [0.25, 0.3) is 10.8 Å². The van der Waals surface area contributed by atoms with Gasteiger partial charge in [-0.2, -0.15) is 8.42 Å². The summed E-state index contributed by atoms with van der Waals surface area (Å²) >= 11 is 0. The van der Waals surface area contributed by atoms with Crippen LogP contribution in [0.1, 0.15) is 27.2 Å². The molecule has 21 heavy (non-hydrogen) atoms. The number of benzene rings is 2. The Kier molecular flexibility index (Phi) is 3.22. The summed E-state index contributed by atoms with van der Waals surface area (Å²) in [5, 5.41) is 1.48. The van der Waals surface area contributed by atoms with Crippen LogP contribution in [0.15, 0.2) is 41.3 Å². The number of hydrogen-bond acceptors (Lipinski definition) is 4. The quantitative estimate of drug-likeness (QED) is 0.794. The lowest BCUT2D eigenvalue weighted by Gasteiger charge is -2.39. The Balaban J connectivity index is 2.30. The molecule has 0 bridgehead atoms. The van der Waals surface area contributed by atoms with Crippen LogP contribution in [-0.4, -0.2) is 14.2 Å². The zero-order valence-corrected chi connectivity index (χ0v) is 13.1. The van der Waals surface area contributed by atoms with Crippen LogP contribution < -0.4 is 4.74 Å². The van der Waals surface area contributed by atoms with Crippen molar-refractivity contribution in [3.05, 3.63) is 36.4 Å².